The van der Waals surface area contributed by atoms with Crippen LogP contribution in [0.3, 0.4) is 0 Å². The van der Waals surface area contributed by atoms with Gasteiger partial charge in [-0.15, -0.1) is 0 Å². The molecule has 1 fully saturated rings. The van der Waals surface area contributed by atoms with Gasteiger partial charge in [-0.3, -0.25) is 0 Å². The Hall–Kier alpha value is -0.910. The van der Waals surface area contributed by atoms with Crippen molar-refractivity contribution in [3.05, 3.63) is 35.4 Å². The smallest absolute Gasteiger partial charge is 0.216 e. The topological polar surface area (TPSA) is 72.2 Å². The molecule has 1 aliphatic carbocycles. The molecule has 0 atom stereocenters. The normalized spacial score (nSPS) is 19.6. The summed E-state index contributed by atoms with van der Waals surface area (Å²) in [6.07, 6.45) is 3.98. The van der Waals surface area contributed by atoms with Gasteiger partial charge in [-0.05, 0) is 42.2 Å². The van der Waals surface area contributed by atoms with Crippen LogP contribution in [-0.2, 0) is 22.3 Å². The number of sulfonamides is 1. The molecule has 21 heavy (non-hydrogen) atoms. The molecule has 4 nitrogen and oxygen atoms in total. The quantitative estimate of drug-likeness (QED) is 0.878. The molecule has 0 aliphatic heterocycles. The predicted octanol–water partition coefficient (Wildman–Crippen LogP) is 2.53. The van der Waals surface area contributed by atoms with E-state index in [0.717, 1.165) is 36.8 Å². The summed E-state index contributed by atoms with van der Waals surface area (Å²) in [5.41, 5.74) is 7.70. The Bertz CT molecular complexity index is 572. The second-order valence-electron chi connectivity index (χ2n) is 6.79. The first-order valence-electron chi connectivity index (χ1n) is 7.58. The Morgan fingerprint density at radius 2 is 1.76 bits per heavy atom. The molecule has 0 radical (unpaired) electrons. The molecule has 0 unspecified atom stereocenters. The summed E-state index contributed by atoms with van der Waals surface area (Å²) in [5.74, 6) is 0.0142. The van der Waals surface area contributed by atoms with Gasteiger partial charge in [-0.25, -0.2) is 13.1 Å². The average Bonchev–Trinajstić information content (AvgIpc) is 2.41. The highest BCUT2D eigenvalue weighted by Gasteiger charge is 2.29. The molecule has 0 amide bonds. The van der Waals surface area contributed by atoms with Gasteiger partial charge in [-0.1, -0.05) is 38.1 Å². The van der Waals surface area contributed by atoms with Gasteiger partial charge in [0.15, 0.2) is 0 Å². The van der Waals surface area contributed by atoms with E-state index in [0.29, 0.717) is 12.0 Å². The third-order valence-electron chi connectivity index (χ3n) is 4.37. The minimum Gasteiger partial charge on any atom is -0.326 e. The monoisotopic (exact) mass is 310 g/mol. The van der Waals surface area contributed by atoms with Gasteiger partial charge in [0.25, 0.3) is 0 Å². The largest absolute Gasteiger partial charge is 0.326 e. The third kappa shape index (κ3) is 4.80. The van der Waals surface area contributed by atoms with Crippen LogP contribution in [0, 0.1) is 5.41 Å². The van der Waals surface area contributed by atoms with Gasteiger partial charge in [0.05, 0.1) is 5.75 Å². The molecular weight excluding hydrogens is 284 g/mol. The van der Waals surface area contributed by atoms with Crippen LogP contribution >= 0.6 is 0 Å². The molecule has 2 rings (SSSR count). The summed E-state index contributed by atoms with van der Waals surface area (Å²) in [5, 5.41) is 0. The zero-order valence-electron chi connectivity index (χ0n) is 12.9. The van der Waals surface area contributed by atoms with Crippen LogP contribution in [-0.4, -0.2) is 14.5 Å². The Balaban J connectivity index is 1.99. The Kier molecular flexibility index (Phi) is 5.07. The highest BCUT2D eigenvalue weighted by atomic mass is 32.2. The molecule has 0 saturated heterocycles. The van der Waals surface area contributed by atoms with E-state index >= 15 is 0 Å². The van der Waals surface area contributed by atoms with Gasteiger partial charge in [0, 0.05) is 12.6 Å². The van der Waals surface area contributed by atoms with Crippen molar-refractivity contribution in [3.63, 3.8) is 0 Å². The molecule has 1 aromatic rings. The summed E-state index contributed by atoms with van der Waals surface area (Å²) in [4.78, 5) is 0. The number of hydrogen-bond donors (Lipinski definition) is 2. The van der Waals surface area contributed by atoms with Crippen molar-refractivity contribution in [1.29, 1.82) is 0 Å². The van der Waals surface area contributed by atoms with E-state index in [1.807, 2.05) is 24.3 Å². The summed E-state index contributed by atoms with van der Waals surface area (Å²) in [6.45, 7) is 4.85. The summed E-state index contributed by atoms with van der Waals surface area (Å²) < 4.78 is 27.6. The lowest BCUT2D eigenvalue weighted by Crippen LogP contribution is -2.39. The molecular formula is C16H26N2O2S. The van der Waals surface area contributed by atoms with Crippen LogP contribution < -0.4 is 10.5 Å². The predicted molar refractivity (Wildman–Crippen MR) is 86.1 cm³/mol. The second kappa shape index (κ2) is 6.46. The number of nitrogens with two attached hydrogens (primary N) is 1. The Morgan fingerprint density at radius 1 is 1.19 bits per heavy atom. The molecule has 1 aliphatic rings. The number of nitrogens with one attached hydrogen (secondary N) is 1. The van der Waals surface area contributed by atoms with Crippen LogP contribution in [0.25, 0.3) is 0 Å². The van der Waals surface area contributed by atoms with Crippen LogP contribution in [0.1, 0.15) is 50.7 Å². The minimum absolute atomic E-state index is 0.0142. The fourth-order valence-electron chi connectivity index (χ4n) is 2.91. The highest BCUT2D eigenvalue weighted by Crippen LogP contribution is 2.35. The minimum atomic E-state index is -3.31. The Labute approximate surface area is 128 Å². The molecule has 118 valence electrons. The standard InChI is InChI=1S/C16H26N2O2S/c1-16(2)9-7-15(8-10-16)18-21(19,20)12-14-6-4-3-5-13(14)11-17/h3-6,15,18H,7-12,17H2,1-2H3. The maximum atomic E-state index is 12.3. The van der Waals surface area contributed by atoms with Crippen molar-refractivity contribution in [2.75, 3.05) is 0 Å². The third-order valence-corrected chi connectivity index (χ3v) is 5.75. The van der Waals surface area contributed by atoms with Crippen molar-refractivity contribution in [1.82, 2.24) is 4.72 Å². The van der Waals surface area contributed by atoms with Crippen LogP contribution in [0.15, 0.2) is 24.3 Å². The van der Waals surface area contributed by atoms with Gasteiger partial charge in [0.1, 0.15) is 0 Å². The van der Waals surface area contributed by atoms with Crippen molar-refractivity contribution >= 4 is 10.0 Å². The van der Waals surface area contributed by atoms with Crippen molar-refractivity contribution in [2.24, 2.45) is 11.1 Å². The molecule has 3 N–H and O–H groups in total. The van der Waals surface area contributed by atoms with Gasteiger partial charge >= 0.3 is 0 Å². The van der Waals surface area contributed by atoms with E-state index in [1.54, 1.807) is 0 Å². The Morgan fingerprint density at radius 3 is 2.33 bits per heavy atom. The van der Waals surface area contributed by atoms with Gasteiger partial charge in [-0.2, -0.15) is 0 Å². The van der Waals surface area contributed by atoms with Gasteiger partial charge < -0.3 is 5.73 Å². The van der Waals surface area contributed by atoms with E-state index in [1.165, 1.54) is 0 Å². The van der Waals surface area contributed by atoms with Crippen molar-refractivity contribution in [3.8, 4) is 0 Å². The summed E-state index contributed by atoms with van der Waals surface area (Å²) in [6, 6.07) is 7.54. The SMILES string of the molecule is CC1(C)CCC(NS(=O)(=O)Cc2ccccc2CN)CC1. The molecule has 0 aromatic heterocycles. The molecule has 1 aromatic carbocycles. The van der Waals surface area contributed by atoms with E-state index < -0.39 is 10.0 Å². The fraction of sp³-hybridized carbons (Fsp3) is 0.625. The summed E-state index contributed by atoms with van der Waals surface area (Å²) in [7, 11) is -3.31. The maximum absolute atomic E-state index is 12.3. The van der Waals surface area contributed by atoms with E-state index in [9.17, 15) is 8.42 Å². The average molecular weight is 310 g/mol. The lowest BCUT2D eigenvalue weighted by Gasteiger charge is -2.34. The zero-order valence-corrected chi connectivity index (χ0v) is 13.7. The summed E-state index contributed by atoms with van der Waals surface area (Å²) >= 11 is 0. The first kappa shape index (κ1) is 16.5. The first-order valence-corrected chi connectivity index (χ1v) is 9.23. The molecule has 5 heteroatoms. The zero-order chi connectivity index (χ0) is 15.5. The van der Waals surface area contributed by atoms with Crippen LogP contribution in [0.2, 0.25) is 0 Å². The molecule has 1 saturated carbocycles. The number of benzene rings is 1. The van der Waals surface area contributed by atoms with Crippen molar-refractivity contribution in [2.45, 2.75) is 57.9 Å². The number of hydrogen-bond acceptors (Lipinski definition) is 3. The van der Waals surface area contributed by atoms with E-state index in [-0.39, 0.29) is 11.8 Å². The molecule has 0 spiro atoms. The maximum Gasteiger partial charge on any atom is 0.216 e. The van der Waals surface area contributed by atoms with Crippen LogP contribution in [0.4, 0.5) is 0 Å². The molecule has 0 heterocycles. The van der Waals surface area contributed by atoms with Gasteiger partial charge in [0.2, 0.25) is 10.0 Å². The fourth-order valence-corrected chi connectivity index (χ4v) is 4.43. The second-order valence-corrected chi connectivity index (χ2v) is 8.54. The molecule has 0 bridgehead atoms. The van der Waals surface area contributed by atoms with Crippen LogP contribution in [0.5, 0.6) is 0 Å². The highest BCUT2D eigenvalue weighted by molar-refractivity contribution is 7.88. The number of rotatable bonds is 5. The van der Waals surface area contributed by atoms with Crippen molar-refractivity contribution < 1.29 is 8.42 Å². The van der Waals surface area contributed by atoms with E-state index in [4.69, 9.17) is 5.73 Å². The van der Waals surface area contributed by atoms with E-state index in [2.05, 4.69) is 18.6 Å². The lowest BCUT2D eigenvalue weighted by atomic mass is 9.76. The lowest BCUT2D eigenvalue weighted by molar-refractivity contribution is 0.218. The first-order chi connectivity index (χ1) is 9.81.